The minimum absolute atomic E-state index is 0.173. The van der Waals surface area contributed by atoms with Gasteiger partial charge in [-0.05, 0) is 13.3 Å². The molecule has 0 aromatic carbocycles. The molecule has 5 heteroatoms. The molecule has 0 aromatic rings. The molecule has 0 aromatic heterocycles. The number of rotatable bonds is 2. The number of amides is 1. The molecule has 3 atom stereocenters. The van der Waals surface area contributed by atoms with Gasteiger partial charge >= 0.3 is 0 Å². The molecule has 0 radical (unpaired) electrons. The SMILES string of the molecule is CCC(C)(N)C(=O)N1CC(O)C(O)C1. The van der Waals surface area contributed by atoms with Gasteiger partial charge in [0, 0.05) is 13.1 Å². The number of nitrogens with two attached hydrogens (primary N) is 1. The summed E-state index contributed by atoms with van der Waals surface area (Å²) in [5, 5.41) is 18.5. The van der Waals surface area contributed by atoms with Crippen LogP contribution in [-0.4, -0.2) is 51.9 Å². The van der Waals surface area contributed by atoms with E-state index in [0.717, 1.165) is 0 Å². The first kappa shape index (κ1) is 11.4. The Hall–Kier alpha value is -0.650. The molecule has 0 saturated carbocycles. The van der Waals surface area contributed by atoms with Crippen molar-refractivity contribution in [2.45, 2.75) is 38.0 Å². The highest BCUT2D eigenvalue weighted by Crippen LogP contribution is 2.16. The normalized spacial score (nSPS) is 31.6. The molecule has 1 rings (SSSR count). The van der Waals surface area contributed by atoms with E-state index in [1.54, 1.807) is 6.92 Å². The molecule has 14 heavy (non-hydrogen) atoms. The Morgan fingerprint density at radius 1 is 1.50 bits per heavy atom. The molecule has 1 heterocycles. The van der Waals surface area contributed by atoms with E-state index in [4.69, 9.17) is 5.73 Å². The van der Waals surface area contributed by atoms with Crippen molar-refractivity contribution >= 4 is 5.91 Å². The van der Waals surface area contributed by atoms with Crippen LogP contribution in [0.1, 0.15) is 20.3 Å². The lowest BCUT2D eigenvalue weighted by molar-refractivity contribution is -0.136. The van der Waals surface area contributed by atoms with Gasteiger partial charge in [-0.2, -0.15) is 0 Å². The van der Waals surface area contributed by atoms with Crippen LogP contribution in [-0.2, 0) is 4.79 Å². The summed E-state index contributed by atoms with van der Waals surface area (Å²) in [6.07, 6.45) is -1.15. The second-order valence-corrected chi connectivity index (χ2v) is 4.12. The molecule has 0 spiro atoms. The van der Waals surface area contributed by atoms with E-state index < -0.39 is 17.7 Å². The van der Waals surface area contributed by atoms with Gasteiger partial charge in [0.15, 0.2) is 0 Å². The van der Waals surface area contributed by atoms with Crippen LogP contribution < -0.4 is 5.73 Å². The van der Waals surface area contributed by atoms with Crippen molar-refractivity contribution in [2.24, 2.45) is 5.73 Å². The van der Waals surface area contributed by atoms with Crippen molar-refractivity contribution in [1.29, 1.82) is 0 Å². The summed E-state index contributed by atoms with van der Waals surface area (Å²) >= 11 is 0. The Morgan fingerprint density at radius 3 is 2.29 bits per heavy atom. The first-order valence-electron chi connectivity index (χ1n) is 4.83. The summed E-state index contributed by atoms with van der Waals surface area (Å²) < 4.78 is 0. The van der Waals surface area contributed by atoms with Gasteiger partial charge in [-0.1, -0.05) is 6.92 Å². The van der Waals surface area contributed by atoms with E-state index in [-0.39, 0.29) is 19.0 Å². The van der Waals surface area contributed by atoms with Gasteiger partial charge in [0.2, 0.25) is 5.91 Å². The van der Waals surface area contributed by atoms with Gasteiger partial charge in [0.1, 0.15) is 0 Å². The molecule has 1 aliphatic rings. The summed E-state index contributed by atoms with van der Waals surface area (Å²) in [6, 6.07) is 0. The van der Waals surface area contributed by atoms with Crippen LogP contribution in [0.25, 0.3) is 0 Å². The minimum Gasteiger partial charge on any atom is -0.388 e. The zero-order valence-electron chi connectivity index (χ0n) is 8.60. The van der Waals surface area contributed by atoms with E-state index in [1.807, 2.05) is 6.92 Å². The zero-order valence-corrected chi connectivity index (χ0v) is 8.60. The fourth-order valence-electron chi connectivity index (χ4n) is 1.45. The number of nitrogens with zero attached hydrogens (tertiary/aromatic N) is 1. The van der Waals surface area contributed by atoms with E-state index in [1.165, 1.54) is 4.90 Å². The van der Waals surface area contributed by atoms with Crippen LogP contribution in [0.15, 0.2) is 0 Å². The molecular formula is C9H18N2O3. The topological polar surface area (TPSA) is 86.8 Å². The lowest BCUT2D eigenvalue weighted by atomic mass is 9.99. The average Bonchev–Trinajstić information content (AvgIpc) is 2.45. The third-order valence-corrected chi connectivity index (χ3v) is 2.77. The monoisotopic (exact) mass is 202 g/mol. The molecule has 82 valence electrons. The second kappa shape index (κ2) is 3.84. The Bertz CT molecular complexity index is 220. The molecule has 5 nitrogen and oxygen atoms in total. The molecule has 1 fully saturated rings. The Morgan fingerprint density at radius 2 is 1.93 bits per heavy atom. The van der Waals surface area contributed by atoms with Crippen LogP contribution in [0, 0.1) is 0 Å². The van der Waals surface area contributed by atoms with E-state index >= 15 is 0 Å². The largest absolute Gasteiger partial charge is 0.388 e. The first-order valence-corrected chi connectivity index (χ1v) is 4.83. The van der Waals surface area contributed by atoms with Crippen molar-refractivity contribution in [3.05, 3.63) is 0 Å². The number of aliphatic hydroxyl groups excluding tert-OH is 2. The molecule has 4 N–H and O–H groups in total. The highest BCUT2D eigenvalue weighted by atomic mass is 16.3. The fourth-order valence-corrected chi connectivity index (χ4v) is 1.45. The van der Waals surface area contributed by atoms with Crippen molar-refractivity contribution in [2.75, 3.05) is 13.1 Å². The van der Waals surface area contributed by atoms with E-state index in [2.05, 4.69) is 0 Å². The first-order chi connectivity index (χ1) is 6.38. The molecule has 1 saturated heterocycles. The number of aliphatic hydroxyl groups is 2. The summed E-state index contributed by atoms with van der Waals surface area (Å²) in [4.78, 5) is 13.2. The van der Waals surface area contributed by atoms with Crippen LogP contribution in [0.2, 0.25) is 0 Å². The third-order valence-electron chi connectivity index (χ3n) is 2.77. The predicted molar refractivity (Wildman–Crippen MR) is 51.5 cm³/mol. The summed E-state index contributed by atoms with van der Waals surface area (Å²) in [5.74, 6) is -0.212. The smallest absolute Gasteiger partial charge is 0.242 e. The zero-order chi connectivity index (χ0) is 10.9. The van der Waals surface area contributed by atoms with Crippen molar-refractivity contribution in [3.63, 3.8) is 0 Å². The Labute approximate surface area is 83.5 Å². The average molecular weight is 202 g/mol. The van der Waals surface area contributed by atoms with Crippen LogP contribution in [0.5, 0.6) is 0 Å². The van der Waals surface area contributed by atoms with Gasteiger partial charge < -0.3 is 20.8 Å². The van der Waals surface area contributed by atoms with E-state index in [0.29, 0.717) is 6.42 Å². The summed E-state index contributed by atoms with van der Waals surface area (Å²) in [5.41, 5.74) is 4.88. The fraction of sp³-hybridized carbons (Fsp3) is 0.889. The standard InChI is InChI=1S/C9H18N2O3/c1-3-9(2,10)8(14)11-4-6(12)7(13)5-11/h6-7,12-13H,3-5,10H2,1-2H3. The highest BCUT2D eigenvalue weighted by Gasteiger charge is 2.38. The lowest BCUT2D eigenvalue weighted by Gasteiger charge is -2.27. The maximum atomic E-state index is 11.8. The number of carbonyl (C=O) groups excluding carboxylic acids is 1. The maximum absolute atomic E-state index is 11.8. The van der Waals surface area contributed by atoms with Crippen LogP contribution in [0.3, 0.4) is 0 Å². The van der Waals surface area contributed by atoms with Gasteiger partial charge in [-0.3, -0.25) is 4.79 Å². The van der Waals surface area contributed by atoms with Crippen molar-refractivity contribution in [3.8, 4) is 0 Å². The second-order valence-electron chi connectivity index (χ2n) is 4.12. The maximum Gasteiger partial charge on any atom is 0.242 e. The van der Waals surface area contributed by atoms with E-state index in [9.17, 15) is 15.0 Å². The molecular weight excluding hydrogens is 184 g/mol. The number of likely N-dealkylation sites (tertiary alicyclic amines) is 1. The number of carbonyl (C=O) groups is 1. The molecule has 0 bridgehead atoms. The van der Waals surface area contributed by atoms with Crippen LogP contribution >= 0.6 is 0 Å². The number of β-amino-alcohol motifs (C(OH)–C–C–N with tert-alkyl or cyclic N) is 2. The van der Waals surface area contributed by atoms with Crippen LogP contribution in [0.4, 0.5) is 0 Å². The number of hydrogen-bond donors (Lipinski definition) is 3. The van der Waals surface area contributed by atoms with Crippen molar-refractivity contribution in [1.82, 2.24) is 4.90 Å². The molecule has 3 unspecified atom stereocenters. The Balaban J connectivity index is 2.64. The quantitative estimate of drug-likeness (QED) is 0.518. The number of hydrogen-bond acceptors (Lipinski definition) is 4. The Kier molecular flexibility index (Phi) is 3.14. The molecule has 1 amide bonds. The summed E-state index contributed by atoms with van der Waals surface area (Å²) in [7, 11) is 0. The minimum atomic E-state index is -0.899. The van der Waals surface area contributed by atoms with Gasteiger partial charge in [0.05, 0.1) is 17.7 Å². The highest BCUT2D eigenvalue weighted by molar-refractivity contribution is 5.86. The van der Waals surface area contributed by atoms with Gasteiger partial charge in [-0.15, -0.1) is 0 Å². The van der Waals surface area contributed by atoms with Gasteiger partial charge in [0.25, 0.3) is 0 Å². The third kappa shape index (κ3) is 2.05. The lowest BCUT2D eigenvalue weighted by Crippen LogP contribution is -2.52. The molecule has 0 aliphatic carbocycles. The molecule has 1 aliphatic heterocycles. The summed E-state index contributed by atoms with van der Waals surface area (Å²) in [6.45, 7) is 3.84. The predicted octanol–water partition coefficient (Wildman–Crippen LogP) is -1.32. The van der Waals surface area contributed by atoms with Gasteiger partial charge in [-0.25, -0.2) is 0 Å². The van der Waals surface area contributed by atoms with Crippen molar-refractivity contribution < 1.29 is 15.0 Å².